The van der Waals surface area contributed by atoms with Crippen LogP contribution in [-0.4, -0.2) is 12.0 Å². The second-order valence-electron chi connectivity index (χ2n) is 2.54. The summed E-state index contributed by atoms with van der Waals surface area (Å²) >= 11 is 4.59. The molecule has 0 aromatic carbocycles. The Labute approximate surface area is 87.2 Å². The highest BCUT2D eigenvalue weighted by Crippen LogP contribution is 1.88. The molecule has 0 unspecified atom stereocenters. The molecule has 0 aromatic rings. The molecule has 13 heavy (non-hydrogen) atoms. The molecule has 0 fully saturated rings. The van der Waals surface area contributed by atoms with Gasteiger partial charge >= 0.3 is 0 Å². The summed E-state index contributed by atoms with van der Waals surface area (Å²) in [6.45, 7) is 9.51. The van der Waals surface area contributed by atoms with E-state index in [1.807, 2.05) is 52.1 Å². The number of nitrogens with one attached hydrogen (secondary N) is 1. The number of hydrogen-bond acceptors (Lipinski definition) is 1. The third kappa shape index (κ3) is 24.7. The lowest BCUT2D eigenvalue weighted by atomic mass is 10.3. The van der Waals surface area contributed by atoms with Gasteiger partial charge in [0.1, 0.15) is 0 Å². The predicted molar refractivity (Wildman–Crippen MR) is 66.1 cm³/mol. The molecule has 0 aliphatic heterocycles. The van der Waals surface area contributed by atoms with Crippen molar-refractivity contribution in [1.82, 2.24) is 5.32 Å². The molecule has 0 spiro atoms. The van der Waals surface area contributed by atoms with Crippen LogP contribution in [0.25, 0.3) is 0 Å². The van der Waals surface area contributed by atoms with E-state index in [1.165, 1.54) is 0 Å². The van der Waals surface area contributed by atoms with Gasteiger partial charge in [0.05, 0.1) is 4.99 Å². The minimum absolute atomic E-state index is 0.838. The minimum Gasteiger partial charge on any atom is -0.383 e. The Morgan fingerprint density at radius 1 is 1.31 bits per heavy atom. The quantitative estimate of drug-likeness (QED) is 0.539. The van der Waals surface area contributed by atoms with E-state index >= 15 is 0 Å². The normalized spacial score (nSPS) is 9.54. The van der Waals surface area contributed by atoms with E-state index < -0.39 is 0 Å². The van der Waals surface area contributed by atoms with Crippen molar-refractivity contribution in [2.45, 2.75) is 20.8 Å². The Hall–Kier alpha value is -0.890. The number of thiocarbonyl (C=S) groups is 1. The topological polar surface area (TPSA) is 12.0 Å². The zero-order valence-electron chi connectivity index (χ0n) is 8.92. The molecule has 2 heteroatoms. The molecule has 0 rings (SSSR count). The molecule has 0 atom stereocenters. The summed E-state index contributed by atoms with van der Waals surface area (Å²) in [5, 5.41) is 2.76. The largest absolute Gasteiger partial charge is 0.383 e. The first-order valence-corrected chi connectivity index (χ1v) is 4.58. The van der Waals surface area contributed by atoms with Crippen LogP contribution in [0.3, 0.4) is 0 Å². The van der Waals surface area contributed by atoms with Crippen molar-refractivity contribution in [3.05, 3.63) is 36.5 Å². The molecule has 0 aliphatic carbocycles. The van der Waals surface area contributed by atoms with Gasteiger partial charge in [-0.2, -0.15) is 0 Å². The molecule has 0 heterocycles. The van der Waals surface area contributed by atoms with Crippen LogP contribution in [0.5, 0.6) is 0 Å². The number of hydrogen-bond donors (Lipinski definition) is 1. The maximum atomic E-state index is 4.59. The predicted octanol–water partition coefficient (Wildman–Crippen LogP) is 3.25. The number of allylic oxidation sites excluding steroid dienone is 5. The van der Waals surface area contributed by atoms with Crippen molar-refractivity contribution >= 4 is 17.2 Å². The monoisotopic (exact) mass is 197 g/mol. The van der Waals surface area contributed by atoms with Crippen molar-refractivity contribution in [2.24, 2.45) is 0 Å². The summed E-state index contributed by atoms with van der Waals surface area (Å²) in [5.74, 6) is 0. The van der Waals surface area contributed by atoms with E-state index in [4.69, 9.17) is 0 Å². The highest BCUT2D eigenvalue weighted by Gasteiger charge is 1.67. The molecule has 0 saturated carbocycles. The van der Waals surface area contributed by atoms with Gasteiger partial charge in [-0.05, 0) is 20.8 Å². The van der Waals surface area contributed by atoms with Crippen LogP contribution < -0.4 is 5.32 Å². The molecular formula is C11H19NS. The lowest BCUT2D eigenvalue weighted by Crippen LogP contribution is -2.09. The van der Waals surface area contributed by atoms with Gasteiger partial charge in [-0.1, -0.05) is 48.7 Å². The zero-order chi connectivity index (χ0) is 10.7. The van der Waals surface area contributed by atoms with Crippen molar-refractivity contribution in [3.8, 4) is 0 Å². The Kier molecular flexibility index (Phi) is 12.5. The highest BCUT2D eigenvalue weighted by atomic mass is 32.1. The fourth-order valence-electron chi connectivity index (χ4n) is 0.331. The van der Waals surface area contributed by atoms with Crippen molar-refractivity contribution in [3.63, 3.8) is 0 Å². The smallest absolute Gasteiger partial charge is 0.0719 e. The Morgan fingerprint density at radius 3 is 2.00 bits per heavy atom. The maximum Gasteiger partial charge on any atom is 0.0719 e. The lowest BCUT2D eigenvalue weighted by Gasteiger charge is -1.84. The average molecular weight is 197 g/mol. The summed E-state index contributed by atoms with van der Waals surface area (Å²) in [4.78, 5) is 0.838. The van der Waals surface area contributed by atoms with E-state index in [9.17, 15) is 0 Å². The lowest BCUT2D eigenvalue weighted by molar-refractivity contribution is 1.20. The highest BCUT2D eigenvalue weighted by molar-refractivity contribution is 7.80. The molecule has 0 saturated heterocycles. The first-order chi connectivity index (χ1) is 6.04. The first kappa shape index (κ1) is 14.6. The van der Waals surface area contributed by atoms with E-state index in [0.717, 1.165) is 10.6 Å². The van der Waals surface area contributed by atoms with Gasteiger partial charge in [0.15, 0.2) is 0 Å². The van der Waals surface area contributed by atoms with Gasteiger partial charge in [-0.25, -0.2) is 0 Å². The molecule has 74 valence electrons. The third-order valence-electron chi connectivity index (χ3n) is 1.04. The Balaban J connectivity index is 0. The van der Waals surface area contributed by atoms with Gasteiger partial charge < -0.3 is 5.32 Å². The summed E-state index contributed by atoms with van der Waals surface area (Å²) in [7, 11) is 1.81. The second kappa shape index (κ2) is 11.1. The van der Waals surface area contributed by atoms with E-state index in [1.54, 1.807) is 0 Å². The van der Waals surface area contributed by atoms with Crippen molar-refractivity contribution in [2.75, 3.05) is 7.05 Å². The third-order valence-corrected chi connectivity index (χ3v) is 1.24. The second-order valence-corrected chi connectivity index (χ2v) is 3.15. The maximum absolute atomic E-state index is 4.59. The van der Waals surface area contributed by atoms with Gasteiger partial charge in [-0.15, -0.1) is 0 Å². The summed E-state index contributed by atoms with van der Waals surface area (Å²) in [6.07, 6.45) is 7.91. The summed E-state index contributed by atoms with van der Waals surface area (Å²) in [6, 6.07) is 0. The average Bonchev–Trinajstić information content (AvgIpc) is 2.05. The minimum atomic E-state index is 0.838. The summed E-state index contributed by atoms with van der Waals surface area (Å²) in [5.41, 5.74) is 1.09. The van der Waals surface area contributed by atoms with Crippen LogP contribution in [0.15, 0.2) is 36.5 Å². The molecule has 1 nitrogen and oxygen atoms in total. The van der Waals surface area contributed by atoms with Crippen LogP contribution in [0, 0.1) is 0 Å². The molecular weight excluding hydrogens is 178 g/mol. The summed E-state index contributed by atoms with van der Waals surface area (Å²) < 4.78 is 0. The Morgan fingerprint density at radius 2 is 1.77 bits per heavy atom. The first-order valence-electron chi connectivity index (χ1n) is 4.17. The number of rotatable bonds is 2. The van der Waals surface area contributed by atoms with E-state index in [2.05, 4.69) is 24.1 Å². The van der Waals surface area contributed by atoms with Crippen LogP contribution in [-0.2, 0) is 0 Å². The van der Waals surface area contributed by atoms with E-state index in [-0.39, 0.29) is 0 Å². The van der Waals surface area contributed by atoms with Crippen LogP contribution in [0.1, 0.15) is 20.8 Å². The Bertz CT molecular complexity index is 202. The van der Waals surface area contributed by atoms with Gasteiger partial charge in [0, 0.05) is 7.05 Å². The molecule has 0 radical (unpaired) electrons. The van der Waals surface area contributed by atoms with Gasteiger partial charge in [0.25, 0.3) is 0 Å². The molecule has 0 aromatic heterocycles. The van der Waals surface area contributed by atoms with Gasteiger partial charge in [-0.3, -0.25) is 0 Å². The van der Waals surface area contributed by atoms with Crippen LogP contribution in [0.2, 0.25) is 0 Å². The molecule has 0 bridgehead atoms. The zero-order valence-corrected chi connectivity index (χ0v) is 9.74. The standard InChI is InChI=1S/C8H12.C3H7NS/c1-4-5-6-7-8(2)3;1-3(5)4-2/h4-7H,2H2,1,3H3;1-2H3,(H,4,5)/b5-4-,7-6-;. The van der Waals surface area contributed by atoms with Crippen molar-refractivity contribution in [1.29, 1.82) is 0 Å². The van der Waals surface area contributed by atoms with Crippen LogP contribution in [0.4, 0.5) is 0 Å². The molecule has 0 amide bonds. The SMILES string of the molecule is C=C(C)/C=C\C=C/C.CNC(C)=S. The van der Waals surface area contributed by atoms with Gasteiger partial charge in [0.2, 0.25) is 0 Å². The van der Waals surface area contributed by atoms with Crippen LogP contribution >= 0.6 is 12.2 Å². The van der Waals surface area contributed by atoms with E-state index in [0.29, 0.717) is 0 Å². The fraction of sp³-hybridized carbons (Fsp3) is 0.364. The van der Waals surface area contributed by atoms with Crippen molar-refractivity contribution < 1.29 is 0 Å². The molecule has 1 N–H and O–H groups in total. The molecule has 0 aliphatic rings. The fourth-order valence-corrected chi connectivity index (χ4v) is 0.331.